The number of likely N-dealkylation sites (tertiary alicyclic amines) is 1. The molecule has 25 heavy (non-hydrogen) atoms. The number of anilines is 1. The van der Waals surface area contributed by atoms with E-state index in [4.69, 9.17) is 4.74 Å². The van der Waals surface area contributed by atoms with Crippen molar-refractivity contribution in [3.63, 3.8) is 0 Å². The number of carbonyl (C=O) groups excluding carboxylic acids is 1. The van der Waals surface area contributed by atoms with Crippen molar-refractivity contribution in [3.05, 3.63) is 42.5 Å². The highest BCUT2D eigenvalue weighted by Crippen LogP contribution is 2.73. The third-order valence-corrected chi connectivity index (χ3v) is 7.93. The standard InChI is InChI=1S/C20H22N2O2.ClH/c1-3-19-10-22(2)16-11-9-24-15(8-13(11)19)20(17(16)19)12-6-4-5-7-14(12)21-18(20)23;/h3-7,11,13,15-17H,1,8-10H2,2H3,(H,21,23);1H/t11-,13+,15+,16+,17-,19-,20-;/m0./s1. The third kappa shape index (κ3) is 1.41. The van der Waals surface area contributed by atoms with Gasteiger partial charge < -0.3 is 15.0 Å². The van der Waals surface area contributed by atoms with E-state index in [0.29, 0.717) is 17.9 Å². The molecule has 1 amide bonds. The van der Waals surface area contributed by atoms with Gasteiger partial charge in [-0.25, -0.2) is 0 Å². The molecular weight excluding hydrogens is 336 g/mol. The number of benzene rings is 1. The molecule has 0 unspecified atom stereocenters. The molecule has 2 aliphatic carbocycles. The first-order valence-corrected chi connectivity index (χ1v) is 9.01. The molecular formula is C20H23ClN2O2. The zero-order valence-corrected chi connectivity index (χ0v) is 15.1. The highest BCUT2D eigenvalue weighted by atomic mass is 35.5. The molecule has 3 aliphatic heterocycles. The summed E-state index contributed by atoms with van der Waals surface area (Å²) < 4.78 is 6.34. The van der Waals surface area contributed by atoms with Crippen LogP contribution in [0.1, 0.15) is 12.0 Å². The van der Waals surface area contributed by atoms with Gasteiger partial charge in [-0.2, -0.15) is 0 Å². The molecule has 2 saturated carbocycles. The van der Waals surface area contributed by atoms with E-state index in [2.05, 4.69) is 42.1 Å². The maximum absolute atomic E-state index is 13.4. The Bertz CT molecular complexity index is 798. The first-order chi connectivity index (χ1) is 11.6. The van der Waals surface area contributed by atoms with E-state index in [1.165, 1.54) is 0 Å². The Kier molecular flexibility index (Phi) is 2.96. The minimum Gasteiger partial charge on any atom is -0.376 e. The van der Waals surface area contributed by atoms with E-state index in [0.717, 1.165) is 30.8 Å². The number of piperidine rings is 1. The van der Waals surface area contributed by atoms with Crippen molar-refractivity contribution in [1.82, 2.24) is 4.90 Å². The summed E-state index contributed by atoms with van der Waals surface area (Å²) >= 11 is 0. The van der Waals surface area contributed by atoms with Crippen LogP contribution in [0.4, 0.5) is 5.69 Å². The van der Waals surface area contributed by atoms with Crippen LogP contribution in [0.2, 0.25) is 0 Å². The summed E-state index contributed by atoms with van der Waals surface area (Å²) in [7, 11) is 2.21. The van der Waals surface area contributed by atoms with Crippen molar-refractivity contribution < 1.29 is 9.53 Å². The molecule has 0 radical (unpaired) electrons. The van der Waals surface area contributed by atoms with Gasteiger partial charge in [0, 0.05) is 35.5 Å². The Morgan fingerprint density at radius 1 is 1.40 bits per heavy atom. The fraction of sp³-hybridized carbons (Fsp3) is 0.550. The highest BCUT2D eigenvalue weighted by Gasteiger charge is 2.79. The smallest absolute Gasteiger partial charge is 0.238 e. The van der Waals surface area contributed by atoms with Gasteiger partial charge >= 0.3 is 0 Å². The SMILES string of the molecule is C=C[C@]12CN(C)[C@@H]3[C@H]4CO[C@H](C[C@H]41)[C@]1(C(=O)Nc4ccccc41)[C@@H]32.Cl. The average molecular weight is 359 g/mol. The molecule has 1 spiro atoms. The highest BCUT2D eigenvalue weighted by molar-refractivity contribution is 6.07. The number of rotatable bonds is 1. The van der Waals surface area contributed by atoms with Gasteiger partial charge in [0.25, 0.3) is 0 Å². The zero-order chi connectivity index (χ0) is 16.3. The Hall–Kier alpha value is -1.36. The molecule has 5 aliphatic rings. The quantitative estimate of drug-likeness (QED) is 0.784. The molecule has 1 aromatic carbocycles. The zero-order valence-electron chi connectivity index (χ0n) is 14.3. The predicted molar refractivity (Wildman–Crippen MR) is 97.9 cm³/mol. The van der Waals surface area contributed by atoms with Gasteiger partial charge in [-0.05, 0) is 31.0 Å². The molecule has 3 heterocycles. The molecule has 2 saturated heterocycles. The molecule has 6 rings (SSSR count). The molecule has 1 N–H and O–H groups in total. The molecule has 132 valence electrons. The third-order valence-electron chi connectivity index (χ3n) is 7.93. The van der Waals surface area contributed by atoms with Gasteiger partial charge in [0.15, 0.2) is 0 Å². The van der Waals surface area contributed by atoms with Crippen molar-refractivity contribution in [2.24, 2.45) is 23.2 Å². The second-order valence-corrected chi connectivity index (χ2v) is 8.40. The summed E-state index contributed by atoms with van der Waals surface area (Å²) in [5.74, 6) is 1.56. The Morgan fingerprint density at radius 3 is 3.00 bits per heavy atom. The second-order valence-electron chi connectivity index (χ2n) is 8.40. The second kappa shape index (κ2) is 4.67. The van der Waals surface area contributed by atoms with E-state index in [1.807, 2.05) is 12.1 Å². The summed E-state index contributed by atoms with van der Waals surface area (Å²) in [4.78, 5) is 15.9. The molecule has 5 bridgehead atoms. The first kappa shape index (κ1) is 15.9. The number of nitrogens with one attached hydrogen (secondary N) is 1. The monoisotopic (exact) mass is 358 g/mol. The topological polar surface area (TPSA) is 41.6 Å². The van der Waals surface area contributed by atoms with Crippen molar-refractivity contribution in [3.8, 4) is 0 Å². The van der Waals surface area contributed by atoms with Crippen LogP contribution >= 0.6 is 12.4 Å². The fourth-order valence-corrected chi connectivity index (χ4v) is 7.38. The van der Waals surface area contributed by atoms with E-state index >= 15 is 0 Å². The number of para-hydroxylation sites is 1. The number of halogens is 1. The number of carbonyl (C=O) groups is 1. The largest absolute Gasteiger partial charge is 0.376 e. The van der Waals surface area contributed by atoms with Crippen molar-refractivity contribution in [2.45, 2.75) is 24.0 Å². The van der Waals surface area contributed by atoms with Crippen molar-refractivity contribution in [2.75, 3.05) is 25.5 Å². The lowest BCUT2D eigenvalue weighted by molar-refractivity contribution is -0.153. The van der Waals surface area contributed by atoms with Gasteiger partial charge in [0.05, 0.1) is 12.7 Å². The maximum atomic E-state index is 13.4. The van der Waals surface area contributed by atoms with Crippen LogP contribution in [0.15, 0.2) is 36.9 Å². The lowest BCUT2D eigenvalue weighted by Gasteiger charge is -2.54. The lowest BCUT2D eigenvalue weighted by atomic mass is 9.51. The van der Waals surface area contributed by atoms with Crippen LogP contribution in [0.25, 0.3) is 0 Å². The molecule has 4 nitrogen and oxygen atoms in total. The van der Waals surface area contributed by atoms with E-state index < -0.39 is 5.41 Å². The van der Waals surface area contributed by atoms with Gasteiger partial charge in [-0.3, -0.25) is 4.79 Å². The number of ether oxygens (including phenoxy) is 1. The summed E-state index contributed by atoms with van der Waals surface area (Å²) in [5, 5.41) is 3.18. The summed E-state index contributed by atoms with van der Waals surface area (Å²) in [5.41, 5.74) is 1.61. The van der Waals surface area contributed by atoms with Crippen LogP contribution in [0, 0.1) is 23.2 Å². The normalized spacial score (nSPS) is 48.4. The van der Waals surface area contributed by atoms with Crippen LogP contribution in [-0.4, -0.2) is 43.2 Å². The summed E-state index contributed by atoms with van der Waals surface area (Å²) in [6, 6.07) is 8.64. The predicted octanol–water partition coefficient (Wildman–Crippen LogP) is 2.45. The van der Waals surface area contributed by atoms with E-state index in [1.54, 1.807) is 0 Å². The molecule has 7 atom stereocenters. The number of hydrogen-bond acceptors (Lipinski definition) is 3. The Labute approximate surface area is 154 Å². The van der Waals surface area contributed by atoms with Crippen molar-refractivity contribution >= 4 is 24.0 Å². The van der Waals surface area contributed by atoms with Gasteiger partial charge in [0.2, 0.25) is 5.91 Å². The molecule has 1 aromatic rings. The summed E-state index contributed by atoms with van der Waals surface area (Å²) in [6.07, 6.45) is 3.17. The van der Waals surface area contributed by atoms with E-state index in [-0.39, 0.29) is 35.8 Å². The van der Waals surface area contributed by atoms with E-state index in [9.17, 15) is 4.79 Å². The number of fused-ring (bicyclic) bond motifs is 5. The molecule has 0 aromatic heterocycles. The first-order valence-electron chi connectivity index (χ1n) is 9.01. The Morgan fingerprint density at radius 2 is 2.20 bits per heavy atom. The van der Waals surface area contributed by atoms with Crippen LogP contribution in [-0.2, 0) is 14.9 Å². The molecule has 4 fully saturated rings. The minimum absolute atomic E-state index is 0. The molecule has 5 heteroatoms. The summed E-state index contributed by atoms with van der Waals surface area (Å²) in [6.45, 7) is 6.06. The number of hydrogen-bond donors (Lipinski definition) is 1. The van der Waals surface area contributed by atoms with Crippen LogP contribution < -0.4 is 5.32 Å². The van der Waals surface area contributed by atoms with Gasteiger partial charge in [-0.15, -0.1) is 19.0 Å². The minimum atomic E-state index is -0.554. The van der Waals surface area contributed by atoms with Crippen LogP contribution in [0.3, 0.4) is 0 Å². The van der Waals surface area contributed by atoms with Crippen molar-refractivity contribution in [1.29, 1.82) is 0 Å². The Balaban J connectivity index is 0.00000140. The van der Waals surface area contributed by atoms with Crippen LogP contribution in [0.5, 0.6) is 0 Å². The fourth-order valence-electron chi connectivity index (χ4n) is 7.38. The average Bonchev–Trinajstić information content (AvgIpc) is 3.08. The van der Waals surface area contributed by atoms with Gasteiger partial charge in [0.1, 0.15) is 5.41 Å². The number of amides is 1. The lowest BCUT2D eigenvalue weighted by Crippen LogP contribution is -2.62. The van der Waals surface area contributed by atoms with Gasteiger partial charge in [-0.1, -0.05) is 24.3 Å². The maximum Gasteiger partial charge on any atom is 0.238 e. The number of nitrogens with zero attached hydrogens (tertiary/aromatic N) is 1.